The number of hydrazine groups is 1. The second kappa shape index (κ2) is 5.42. The first-order valence-electron chi connectivity index (χ1n) is 3.89. The van der Waals surface area contributed by atoms with Crippen LogP contribution in [0.1, 0.15) is 0 Å². The molecule has 0 fully saturated rings. The molecule has 0 aliphatic carbocycles. The molecule has 16 heavy (non-hydrogen) atoms. The predicted octanol–water partition coefficient (Wildman–Crippen LogP) is 1.40. The van der Waals surface area contributed by atoms with E-state index in [0.29, 0.717) is 5.01 Å². The zero-order chi connectivity index (χ0) is 12.1. The highest BCUT2D eigenvalue weighted by atomic mass is 35.5. The summed E-state index contributed by atoms with van der Waals surface area (Å²) in [4.78, 5) is 18.1. The van der Waals surface area contributed by atoms with Crippen LogP contribution in [-0.2, 0) is 0 Å². The van der Waals surface area contributed by atoms with Crippen molar-refractivity contribution >= 4 is 41.2 Å². The number of thiocarbonyl (C=S) groups is 1. The summed E-state index contributed by atoms with van der Waals surface area (Å²) >= 11 is 10.1. The minimum atomic E-state index is -1.29. The fraction of sp³-hybridized carbons (Fsp3) is 0.143. The summed E-state index contributed by atoms with van der Waals surface area (Å²) in [6, 6.07) is 0. The first kappa shape index (κ1) is 12.4. The lowest BCUT2D eigenvalue weighted by Crippen LogP contribution is -2.33. The van der Waals surface area contributed by atoms with Gasteiger partial charge in [0, 0.05) is 0 Å². The van der Waals surface area contributed by atoms with Crippen molar-refractivity contribution in [1.29, 1.82) is 0 Å². The number of hydrogen-bond acceptors (Lipinski definition) is 6. The van der Waals surface area contributed by atoms with Crippen molar-refractivity contribution in [2.45, 2.75) is 0 Å². The third-order valence-corrected chi connectivity index (χ3v) is 1.88. The van der Waals surface area contributed by atoms with Crippen molar-refractivity contribution in [3.63, 3.8) is 0 Å². The van der Waals surface area contributed by atoms with Gasteiger partial charge in [-0.15, -0.1) is 0 Å². The number of aromatic nitrogens is 2. The van der Waals surface area contributed by atoms with Crippen molar-refractivity contribution in [2.24, 2.45) is 0 Å². The predicted molar refractivity (Wildman–Crippen MR) is 60.7 cm³/mol. The van der Waals surface area contributed by atoms with E-state index in [1.807, 2.05) is 0 Å². The van der Waals surface area contributed by atoms with E-state index < -0.39 is 6.09 Å². The van der Waals surface area contributed by atoms with Crippen molar-refractivity contribution in [2.75, 3.05) is 12.5 Å². The topological polar surface area (TPSA) is 87.6 Å². The van der Waals surface area contributed by atoms with E-state index in [-0.39, 0.29) is 16.9 Å². The largest absolute Gasteiger partial charge is 0.491 e. The highest BCUT2D eigenvalue weighted by molar-refractivity contribution is 7.78. The van der Waals surface area contributed by atoms with E-state index in [1.165, 1.54) is 13.3 Å². The van der Waals surface area contributed by atoms with E-state index >= 15 is 0 Å². The lowest BCUT2D eigenvalue weighted by Gasteiger charge is -2.16. The van der Waals surface area contributed by atoms with Crippen LogP contribution in [0.3, 0.4) is 0 Å². The van der Waals surface area contributed by atoms with Gasteiger partial charge in [-0.1, -0.05) is 12.2 Å². The number of rotatable bonds is 4. The van der Waals surface area contributed by atoms with E-state index in [4.69, 9.17) is 21.4 Å². The van der Waals surface area contributed by atoms with Crippen LogP contribution in [-0.4, -0.2) is 38.8 Å². The lowest BCUT2D eigenvalue weighted by molar-refractivity contribution is 0.176. The number of carbonyl (C=O) groups is 1. The van der Waals surface area contributed by atoms with Gasteiger partial charge >= 0.3 is 6.09 Å². The number of methoxy groups -OCH3 is 1. The molecule has 1 aromatic heterocycles. The second-order valence-electron chi connectivity index (χ2n) is 2.43. The van der Waals surface area contributed by atoms with Crippen LogP contribution < -0.4 is 10.2 Å². The van der Waals surface area contributed by atoms with Gasteiger partial charge in [-0.25, -0.2) is 9.78 Å². The molecule has 1 amide bonds. The van der Waals surface area contributed by atoms with Gasteiger partial charge in [0.25, 0.3) is 0 Å². The molecule has 0 radical (unpaired) electrons. The fourth-order valence-electron chi connectivity index (χ4n) is 0.812. The minimum absolute atomic E-state index is 0.0435. The summed E-state index contributed by atoms with van der Waals surface area (Å²) in [6.45, 7) is 0. The molecule has 86 valence electrons. The molecule has 0 aliphatic heterocycles. The monoisotopic (exact) mass is 262 g/mol. The van der Waals surface area contributed by atoms with Gasteiger partial charge in [0.2, 0.25) is 5.28 Å². The fourth-order valence-corrected chi connectivity index (χ4v) is 1.09. The average molecular weight is 263 g/mol. The SMILES string of the molecule is COc1cnc(Cl)nc1NN(C=S)C(=O)O. The summed E-state index contributed by atoms with van der Waals surface area (Å²) < 4.78 is 4.91. The average Bonchev–Trinajstić information content (AvgIpc) is 2.25. The van der Waals surface area contributed by atoms with Crippen LogP contribution in [0.4, 0.5) is 10.6 Å². The molecule has 0 saturated carbocycles. The molecule has 0 aromatic carbocycles. The number of hydrogen-bond donors (Lipinski definition) is 2. The molecule has 0 bridgehead atoms. The zero-order valence-electron chi connectivity index (χ0n) is 8.05. The maximum absolute atomic E-state index is 10.7. The molecule has 0 atom stereocenters. The highest BCUT2D eigenvalue weighted by Crippen LogP contribution is 2.21. The Morgan fingerprint density at radius 2 is 2.50 bits per heavy atom. The third kappa shape index (κ3) is 2.91. The molecule has 1 heterocycles. The van der Waals surface area contributed by atoms with Crippen LogP contribution in [0.25, 0.3) is 0 Å². The smallest absolute Gasteiger partial charge is 0.431 e. The van der Waals surface area contributed by atoms with Gasteiger partial charge in [0.1, 0.15) is 0 Å². The number of carboxylic acid groups (broad SMARTS) is 1. The molecule has 2 N–H and O–H groups in total. The van der Waals surface area contributed by atoms with Crippen LogP contribution >= 0.6 is 23.8 Å². The number of nitrogens with zero attached hydrogens (tertiary/aromatic N) is 3. The Kier molecular flexibility index (Phi) is 4.20. The van der Waals surface area contributed by atoms with E-state index in [9.17, 15) is 4.79 Å². The number of ether oxygens (including phenoxy) is 1. The van der Waals surface area contributed by atoms with Crippen LogP contribution in [0.2, 0.25) is 5.28 Å². The standard InChI is InChI=1S/C7H7ClN4O3S/c1-15-4-2-9-6(8)10-5(4)11-12(3-16)7(13)14/h2-3H,1H3,(H,13,14)(H,9,10,11). The molecule has 1 aromatic rings. The molecule has 0 unspecified atom stereocenters. The molecular formula is C7H7ClN4O3S. The van der Waals surface area contributed by atoms with Gasteiger partial charge < -0.3 is 9.84 Å². The van der Waals surface area contributed by atoms with Gasteiger partial charge in [-0.3, -0.25) is 5.43 Å². The summed E-state index contributed by atoms with van der Waals surface area (Å²) in [7, 11) is 1.39. The van der Waals surface area contributed by atoms with Gasteiger partial charge in [0.05, 0.1) is 18.8 Å². The zero-order valence-corrected chi connectivity index (χ0v) is 9.62. The summed E-state index contributed by atoms with van der Waals surface area (Å²) in [5.41, 5.74) is 3.30. The molecule has 9 heteroatoms. The molecule has 1 rings (SSSR count). The maximum atomic E-state index is 10.7. The highest BCUT2D eigenvalue weighted by Gasteiger charge is 2.13. The molecule has 0 spiro atoms. The third-order valence-electron chi connectivity index (χ3n) is 1.48. The molecular weight excluding hydrogens is 256 g/mol. The van der Waals surface area contributed by atoms with Crippen molar-refractivity contribution in [1.82, 2.24) is 15.0 Å². The summed E-state index contributed by atoms with van der Waals surface area (Å²) in [5, 5.41) is 9.31. The second-order valence-corrected chi connectivity index (χ2v) is 2.97. The van der Waals surface area contributed by atoms with Gasteiger partial charge in [-0.05, 0) is 11.6 Å². The number of halogens is 1. The van der Waals surface area contributed by atoms with Crippen molar-refractivity contribution in [3.05, 3.63) is 11.5 Å². The van der Waals surface area contributed by atoms with E-state index in [0.717, 1.165) is 5.49 Å². The Bertz CT molecular complexity index is 417. The number of nitrogens with one attached hydrogen (secondary N) is 1. The van der Waals surface area contributed by atoms with Crippen LogP contribution in [0.5, 0.6) is 5.75 Å². The van der Waals surface area contributed by atoms with Gasteiger partial charge in [-0.2, -0.15) is 9.99 Å². The van der Waals surface area contributed by atoms with Crippen molar-refractivity contribution in [3.8, 4) is 5.75 Å². The molecule has 0 saturated heterocycles. The van der Waals surface area contributed by atoms with Crippen LogP contribution in [0, 0.1) is 0 Å². The van der Waals surface area contributed by atoms with Crippen molar-refractivity contribution < 1.29 is 14.6 Å². The Hall–Kier alpha value is -1.67. The Labute approximate surface area is 101 Å². The Morgan fingerprint density at radius 3 is 3.00 bits per heavy atom. The van der Waals surface area contributed by atoms with E-state index in [1.54, 1.807) is 0 Å². The van der Waals surface area contributed by atoms with Crippen LogP contribution in [0.15, 0.2) is 6.20 Å². The van der Waals surface area contributed by atoms with E-state index in [2.05, 4.69) is 27.6 Å². The summed E-state index contributed by atoms with van der Waals surface area (Å²) in [6.07, 6.45) is 0.0212. The first-order chi connectivity index (χ1) is 7.58. The first-order valence-corrected chi connectivity index (χ1v) is 4.74. The van der Waals surface area contributed by atoms with Gasteiger partial charge in [0.15, 0.2) is 11.6 Å². The summed E-state index contributed by atoms with van der Waals surface area (Å²) in [5.74, 6) is 0.346. The minimum Gasteiger partial charge on any atom is -0.491 e. The normalized spacial score (nSPS) is 9.38. The number of anilines is 1. The Morgan fingerprint density at radius 1 is 1.81 bits per heavy atom. The number of amides is 1. The molecule has 7 nitrogen and oxygen atoms in total. The lowest BCUT2D eigenvalue weighted by atomic mass is 10.5. The maximum Gasteiger partial charge on any atom is 0.431 e. The Balaban J connectivity index is 2.98. The quantitative estimate of drug-likeness (QED) is 0.482. The molecule has 0 aliphatic rings.